The molecule has 3 heteroatoms. The first-order valence-electron chi connectivity index (χ1n) is 4.99. The second kappa shape index (κ2) is 4.42. The average molecular weight is 181 g/mol. The van der Waals surface area contributed by atoms with Gasteiger partial charge in [0.15, 0.2) is 0 Å². The molecule has 0 saturated carbocycles. The SMILES string of the molecule is CCC(C)c1cnc(C(N)CC)[nH]1. The molecule has 2 unspecified atom stereocenters. The lowest BCUT2D eigenvalue weighted by Gasteiger charge is -2.06. The van der Waals surface area contributed by atoms with Gasteiger partial charge < -0.3 is 10.7 Å². The van der Waals surface area contributed by atoms with E-state index in [1.165, 1.54) is 5.69 Å². The highest BCUT2D eigenvalue weighted by Gasteiger charge is 2.10. The molecule has 1 aromatic heterocycles. The Labute approximate surface area is 79.8 Å². The van der Waals surface area contributed by atoms with Gasteiger partial charge in [-0.25, -0.2) is 4.98 Å². The lowest BCUT2D eigenvalue weighted by Crippen LogP contribution is -2.10. The smallest absolute Gasteiger partial charge is 0.123 e. The number of nitrogens with zero attached hydrogens (tertiary/aromatic N) is 1. The number of nitrogens with one attached hydrogen (secondary N) is 1. The number of hydrogen-bond acceptors (Lipinski definition) is 2. The Morgan fingerprint density at radius 2 is 2.15 bits per heavy atom. The summed E-state index contributed by atoms with van der Waals surface area (Å²) in [7, 11) is 0. The summed E-state index contributed by atoms with van der Waals surface area (Å²) in [4.78, 5) is 7.55. The summed E-state index contributed by atoms with van der Waals surface area (Å²) >= 11 is 0. The van der Waals surface area contributed by atoms with Gasteiger partial charge in [0.25, 0.3) is 0 Å². The van der Waals surface area contributed by atoms with Crippen molar-refractivity contribution in [1.29, 1.82) is 0 Å². The first kappa shape index (κ1) is 10.3. The minimum Gasteiger partial charge on any atom is -0.344 e. The third-order valence-corrected chi connectivity index (χ3v) is 2.55. The fourth-order valence-corrected chi connectivity index (χ4v) is 1.20. The lowest BCUT2D eigenvalue weighted by molar-refractivity contribution is 0.647. The van der Waals surface area contributed by atoms with Gasteiger partial charge in [0.1, 0.15) is 5.82 Å². The van der Waals surface area contributed by atoms with Crippen LogP contribution >= 0.6 is 0 Å². The number of nitrogens with two attached hydrogens (primary N) is 1. The molecule has 0 aromatic carbocycles. The third kappa shape index (κ3) is 2.31. The van der Waals surface area contributed by atoms with Crippen LogP contribution in [0, 0.1) is 0 Å². The summed E-state index contributed by atoms with van der Waals surface area (Å²) in [6.45, 7) is 6.43. The van der Waals surface area contributed by atoms with E-state index in [1.54, 1.807) is 0 Å². The van der Waals surface area contributed by atoms with Crippen molar-refractivity contribution in [3.8, 4) is 0 Å². The van der Waals surface area contributed by atoms with E-state index in [-0.39, 0.29) is 6.04 Å². The Hall–Kier alpha value is -0.830. The van der Waals surface area contributed by atoms with E-state index in [9.17, 15) is 0 Å². The standard InChI is InChI=1S/C10H19N3/c1-4-7(3)9-6-12-10(13-9)8(11)5-2/h6-8H,4-5,11H2,1-3H3,(H,12,13). The molecule has 0 aliphatic carbocycles. The molecule has 0 saturated heterocycles. The molecule has 1 heterocycles. The molecular weight excluding hydrogens is 162 g/mol. The fraction of sp³-hybridized carbons (Fsp3) is 0.700. The Morgan fingerprint density at radius 1 is 1.46 bits per heavy atom. The van der Waals surface area contributed by atoms with Gasteiger partial charge in [0.05, 0.1) is 6.04 Å². The molecule has 0 aliphatic rings. The van der Waals surface area contributed by atoms with Crippen molar-refractivity contribution in [2.24, 2.45) is 5.73 Å². The van der Waals surface area contributed by atoms with E-state index in [0.29, 0.717) is 5.92 Å². The number of imidazole rings is 1. The van der Waals surface area contributed by atoms with Gasteiger partial charge in [-0.3, -0.25) is 0 Å². The molecule has 0 bridgehead atoms. The molecular formula is C10H19N3. The molecule has 3 nitrogen and oxygen atoms in total. The Bertz CT molecular complexity index is 230. The zero-order valence-corrected chi connectivity index (χ0v) is 8.67. The summed E-state index contributed by atoms with van der Waals surface area (Å²) in [5, 5.41) is 0. The largest absolute Gasteiger partial charge is 0.344 e. The minimum atomic E-state index is 0.0535. The maximum atomic E-state index is 5.86. The quantitative estimate of drug-likeness (QED) is 0.749. The van der Waals surface area contributed by atoms with Crippen LogP contribution in [0.4, 0.5) is 0 Å². The van der Waals surface area contributed by atoms with Crippen LogP contribution in [0.5, 0.6) is 0 Å². The first-order valence-corrected chi connectivity index (χ1v) is 4.99. The molecule has 3 N–H and O–H groups in total. The topological polar surface area (TPSA) is 54.7 Å². The number of aromatic amines is 1. The second-order valence-corrected chi connectivity index (χ2v) is 3.55. The van der Waals surface area contributed by atoms with Crippen LogP contribution in [0.3, 0.4) is 0 Å². The van der Waals surface area contributed by atoms with Gasteiger partial charge in [-0.15, -0.1) is 0 Å². The molecule has 0 amide bonds. The highest BCUT2D eigenvalue weighted by atomic mass is 15.0. The van der Waals surface area contributed by atoms with Crippen LogP contribution in [-0.2, 0) is 0 Å². The predicted molar refractivity (Wildman–Crippen MR) is 54.5 cm³/mol. The molecule has 0 aliphatic heterocycles. The van der Waals surface area contributed by atoms with Crippen molar-refractivity contribution < 1.29 is 0 Å². The van der Waals surface area contributed by atoms with Crippen molar-refractivity contribution in [1.82, 2.24) is 9.97 Å². The van der Waals surface area contributed by atoms with Gasteiger partial charge in [-0.1, -0.05) is 20.8 Å². The number of hydrogen-bond donors (Lipinski definition) is 2. The van der Waals surface area contributed by atoms with E-state index >= 15 is 0 Å². The van der Waals surface area contributed by atoms with E-state index in [2.05, 4.69) is 30.7 Å². The molecule has 1 aromatic rings. The molecule has 2 atom stereocenters. The summed E-state index contributed by atoms with van der Waals surface area (Å²) in [5.74, 6) is 1.46. The summed E-state index contributed by atoms with van der Waals surface area (Å²) in [6, 6.07) is 0.0535. The predicted octanol–water partition coefficient (Wildman–Crippen LogP) is 2.33. The first-order chi connectivity index (χ1) is 6.19. The van der Waals surface area contributed by atoms with Crippen LogP contribution in [0.1, 0.15) is 57.1 Å². The third-order valence-electron chi connectivity index (χ3n) is 2.55. The number of rotatable bonds is 4. The fourth-order valence-electron chi connectivity index (χ4n) is 1.20. The van der Waals surface area contributed by atoms with Crippen molar-refractivity contribution in [2.75, 3.05) is 0 Å². The van der Waals surface area contributed by atoms with E-state index in [1.807, 2.05) is 6.20 Å². The van der Waals surface area contributed by atoms with Crippen molar-refractivity contribution in [3.63, 3.8) is 0 Å². The van der Waals surface area contributed by atoms with Crippen molar-refractivity contribution >= 4 is 0 Å². The number of aromatic nitrogens is 2. The zero-order chi connectivity index (χ0) is 9.84. The van der Waals surface area contributed by atoms with Crippen LogP contribution in [-0.4, -0.2) is 9.97 Å². The zero-order valence-electron chi connectivity index (χ0n) is 8.67. The Kier molecular flexibility index (Phi) is 3.48. The molecule has 13 heavy (non-hydrogen) atoms. The molecule has 0 fully saturated rings. The monoisotopic (exact) mass is 181 g/mol. The summed E-state index contributed by atoms with van der Waals surface area (Å²) in [5.41, 5.74) is 7.05. The highest BCUT2D eigenvalue weighted by Crippen LogP contribution is 2.18. The van der Waals surface area contributed by atoms with Crippen molar-refractivity contribution in [3.05, 3.63) is 17.7 Å². The van der Waals surface area contributed by atoms with E-state index < -0.39 is 0 Å². The summed E-state index contributed by atoms with van der Waals surface area (Å²) < 4.78 is 0. The van der Waals surface area contributed by atoms with Gasteiger partial charge in [0.2, 0.25) is 0 Å². The normalized spacial score (nSPS) is 15.7. The molecule has 1 rings (SSSR count). The second-order valence-electron chi connectivity index (χ2n) is 3.55. The van der Waals surface area contributed by atoms with Gasteiger partial charge in [-0.05, 0) is 18.8 Å². The highest BCUT2D eigenvalue weighted by molar-refractivity contribution is 5.08. The van der Waals surface area contributed by atoms with E-state index in [4.69, 9.17) is 5.73 Å². The van der Waals surface area contributed by atoms with Crippen LogP contribution < -0.4 is 5.73 Å². The van der Waals surface area contributed by atoms with E-state index in [0.717, 1.165) is 18.7 Å². The van der Waals surface area contributed by atoms with Crippen LogP contribution in [0.15, 0.2) is 6.20 Å². The van der Waals surface area contributed by atoms with Crippen LogP contribution in [0.2, 0.25) is 0 Å². The minimum absolute atomic E-state index is 0.0535. The lowest BCUT2D eigenvalue weighted by atomic mass is 10.1. The maximum Gasteiger partial charge on any atom is 0.123 e. The molecule has 0 radical (unpaired) electrons. The van der Waals surface area contributed by atoms with Gasteiger partial charge in [-0.2, -0.15) is 0 Å². The average Bonchev–Trinajstić information content (AvgIpc) is 2.64. The number of H-pyrrole nitrogens is 1. The van der Waals surface area contributed by atoms with Crippen LogP contribution in [0.25, 0.3) is 0 Å². The Morgan fingerprint density at radius 3 is 2.69 bits per heavy atom. The van der Waals surface area contributed by atoms with Crippen molar-refractivity contribution in [2.45, 2.75) is 45.6 Å². The molecule has 0 spiro atoms. The summed E-state index contributed by atoms with van der Waals surface area (Å²) in [6.07, 6.45) is 3.95. The maximum absolute atomic E-state index is 5.86. The Balaban J connectivity index is 2.74. The van der Waals surface area contributed by atoms with Gasteiger partial charge in [0, 0.05) is 11.9 Å². The molecule has 74 valence electrons. The van der Waals surface area contributed by atoms with Gasteiger partial charge >= 0.3 is 0 Å².